The Morgan fingerprint density at radius 1 is 1.06 bits per heavy atom. The number of halogens is 3. The Morgan fingerprint density at radius 2 is 1.74 bits per heavy atom. The molecule has 0 N–H and O–H groups in total. The monoisotopic (exact) mass is 480 g/mol. The standard InChI is InChI=1S/C28H27F3N2O2/c1-27(2)18-33(17-19-7-13-23(35-3)14-8-19)25(20-9-11-21(12-10-20)28(29,30)31)24(26(27)34)16-22-6-4-5-15-32-22/h4-16,25H,17-18H2,1-3H3. The van der Waals surface area contributed by atoms with Crippen LogP contribution in [0.3, 0.4) is 0 Å². The van der Waals surface area contributed by atoms with Crippen LogP contribution >= 0.6 is 0 Å². The van der Waals surface area contributed by atoms with Gasteiger partial charge in [0.2, 0.25) is 0 Å². The number of carbonyl (C=O) groups is 1. The minimum Gasteiger partial charge on any atom is -0.497 e. The highest BCUT2D eigenvalue weighted by molar-refractivity contribution is 6.05. The number of ether oxygens (including phenoxy) is 1. The Balaban J connectivity index is 1.81. The average molecular weight is 481 g/mol. The maximum atomic E-state index is 13.6. The van der Waals surface area contributed by atoms with Crippen molar-refractivity contribution in [2.45, 2.75) is 32.6 Å². The number of alkyl halides is 3. The molecule has 2 aromatic carbocycles. The lowest BCUT2D eigenvalue weighted by Crippen LogP contribution is -2.49. The fraction of sp³-hybridized carbons (Fsp3) is 0.286. The first kappa shape index (κ1) is 24.7. The SMILES string of the molecule is COc1ccc(CN2CC(C)(C)C(=O)C(=Cc3ccccn3)C2c2ccc(C(F)(F)F)cc2)cc1. The zero-order valence-electron chi connectivity index (χ0n) is 19.8. The molecule has 4 nitrogen and oxygen atoms in total. The molecule has 4 rings (SSSR count). The Hall–Kier alpha value is -3.45. The molecule has 0 amide bonds. The second-order valence-electron chi connectivity index (χ2n) is 9.34. The van der Waals surface area contributed by atoms with Crippen LogP contribution in [0, 0.1) is 5.41 Å². The Kier molecular flexibility index (Phi) is 6.81. The molecule has 1 unspecified atom stereocenters. The van der Waals surface area contributed by atoms with Crippen LogP contribution in [0.2, 0.25) is 0 Å². The van der Waals surface area contributed by atoms with Crippen LogP contribution < -0.4 is 4.74 Å². The number of likely N-dealkylation sites (tertiary alicyclic amines) is 1. The maximum Gasteiger partial charge on any atom is 0.416 e. The summed E-state index contributed by atoms with van der Waals surface area (Å²) in [6, 6.07) is 17.6. The van der Waals surface area contributed by atoms with Crippen LogP contribution in [-0.4, -0.2) is 29.3 Å². The summed E-state index contributed by atoms with van der Waals surface area (Å²) in [4.78, 5) is 20.1. The van der Waals surface area contributed by atoms with Crippen molar-refractivity contribution in [3.63, 3.8) is 0 Å². The Labute approximate surface area is 203 Å². The molecule has 0 saturated carbocycles. The quantitative estimate of drug-likeness (QED) is 0.400. The first-order valence-corrected chi connectivity index (χ1v) is 11.3. The summed E-state index contributed by atoms with van der Waals surface area (Å²) in [5.41, 5.74) is 1.35. The third-order valence-electron chi connectivity index (χ3n) is 6.22. The van der Waals surface area contributed by atoms with Gasteiger partial charge in [-0.1, -0.05) is 44.2 Å². The molecule has 3 aromatic rings. The first-order valence-electron chi connectivity index (χ1n) is 11.3. The fourth-order valence-corrected chi connectivity index (χ4v) is 4.50. The van der Waals surface area contributed by atoms with E-state index in [0.717, 1.165) is 23.4 Å². The number of hydrogen-bond acceptors (Lipinski definition) is 4. The van der Waals surface area contributed by atoms with Crippen LogP contribution in [0.4, 0.5) is 13.2 Å². The van der Waals surface area contributed by atoms with Gasteiger partial charge in [-0.2, -0.15) is 13.2 Å². The summed E-state index contributed by atoms with van der Waals surface area (Å²) >= 11 is 0. The van der Waals surface area contributed by atoms with Crippen molar-refractivity contribution in [3.05, 3.63) is 101 Å². The number of aromatic nitrogens is 1. The molecule has 0 bridgehead atoms. The highest BCUT2D eigenvalue weighted by Gasteiger charge is 2.44. The summed E-state index contributed by atoms with van der Waals surface area (Å²) in [7, 11) is 1.60. The van der Waals surface area contributed by atoms with Gasteiger partial charge in [-0.05, 0) is 53.6 Å². The van der Waals surface area contributed by atoms with Crippen molar-refractivity contribution < 1.29 is 22.7 Å². The Bertz CT molecular complexity index is 1200. The average Bonchev–Trinajstić information content (AvgIpc) is 2.83. The van der Waals surface area contributed by atoms with Crippen molar-refractivity contribution in [1.82, 2.24) is 9.88 Å². The van der Waals surface area contributed by atoms with Gasteiger partial charge in [0.1, 0.15) is 5.75 Å². The van der Waals surface area contributed by atoms with E-state index >= 15 is 0 Å². The van der Waals surface area contributed by atoms with Gasteiger partial charge in [0, 0.05) is 30.3 Å². The summed E-state index contributed by atoms with van der Waals surface area (Å²) in [6.07, 6.45) is -1.03. The number of ketones is 1. The van der Waals surface area contributed by atoms with E-state index < -0.39 is 23.2 Å². The van der Waals surface area contributed by atoms with Gasteiger partial charge in [-0.15, -0.1) is 0 Å². The number of carbonyl (C=O) groups excluding carboxylic acids is 1. The molecule has 0 radical (unpaired) electrons. The van der Waals surface area contributed by atoms with Gasteiger partial charge >= 0.3 is 6.18 Å². The van der Waals surface area contributed by atoms with Crippen molar-refractivity contribution in [1.29, 1.82) is 0 Å². The van der Waals surface area contributed by atoms with E-state index in [2.05, 4.69) is 9.88 Å². The third kappa shape index (κ3) is 5.46. The molecule has 2 heterocycles. The second kappa shape index (κ2) is 9.66. The molecule has 182 valence electrons. The van der Waals surface area contributed by atoms with Gasteiger partial charge < -0.3 is 4.74 Å². The minimum absolute atomic E-state index is 0.0426. The van der Waals surface area contributed by atoms with E-state index in [1.807, 2.05) is 44.2 Å². The molecule has 1 aliphatic rings. The topological polar surface area (TPSA) is 42.4 Å². The van der Waals surface area contributed by atoms with E-state index in [4.69, 9.17) is 4.74 Å². The smallest absolute Gasteiger partial charge is 0.416 e. The molecule has 0 aliphatic carbocycles. The molecule has 1 aromatic heterocycles. The third-order valence-corrected chi connectivity index (χ3v) is 6.22. The fourth-order valence-electron chi connectivity index (χ4n) is 4.50. The van der Waals surface area contributed by atoms with E-state index in [1.165, 1.54) is 12.1 Å². The molecular formula is C28H27F3N2O2. The summed E-state index contributed by atoms with van der Waals surface area (Å²) < 4.78 is 44.9. The van der Waals surface area contributed by atoms with Gasteiger partial charge in [0.05, 0.1) is 24.4 Å². The zero-order valence-corrected chi connectivity index (χ0v) is 19.8. The van der Waals surface area contributed by atoms with Gasteiger partial charge in [0.15, 0.2) is 5.78 Å². The number of piperidine rings is 1. The predicted molar refractivity (Wildman–Crippen MR) is 129 cm³/mol. The van der Waals surface area contributed by atoms with Crippen molar-refractivity contribution in [2.75, 3.05) is 13.7 Å². The van der Waals surface area contributed by atoms with Gasteiger partial charge in [0.25, 0.3) is 0 Å². The predicted octanol–water partition coefficient (Wildman–Crippen LogP) is 6.34. The number of methoxy groups -OCH3 is 1. The summed E-state index contributed by atoms with van der Waals surface area (Å²) in [6.45, 7) is 4.74. The second-order valence-corrected chi connectivity index (χ2v) is 9.34. The van der Waals surface area contributed by atoms with E-state index in [1.54, 1.807) is 31.5 Å². The van der Waals surface area contributed by atoms with Crippen molar-refractivity contribution in [3.8, 4) is 5.75 Å². The molecule has 1 atom stereocenters. The van der Waals surface area contributed by atoms with Crippen molar-refractivity contribution >= 4 is 11.9 Å². The van der Waals surface area contributed by atoms with E-state index in [9.17, 15) is 18.0 Å². The zero-order chi connectivity index (χ0) is 25.2. The number of benzene rings is 2. The van der Waals surface area contributed by atoms with Crippen molar-refractivity contribution in [2.24, 2.45) is 5.41 Å². The normalized spacial score (nSPS) is 19.7. The summed E-state index contributed by atoms with van der Waals surface area (Å²) in [5.74, 6) is 0.692. The van der Waals surface area contributed by atoms with E-state index in [0.29, 0.717) is 29.9 Å². The molecule has 1 fully saturated rings. The first-order chi connectivity index (χ1) is 16.6. The highest BCUT2D eigenvalue weighted by Crippen LogP contribution is 2.43. The maximum absolute atomic E-state index is 13.6. The van der Waals surface area contributed by atoms with Crippen LogP contribution in [0.25, 0.3) is 6.08 Å². The molecule has 1 saturated heterocycles. The lowest BCUT2D eigenvalue weighted by molar-refractivity contribution is -0.137. The molecule has 0 spiro atoms. The molecular weight excluding hydrogens is 453 g/mol. The number of rotatable bonds is 5. The van der Waals surface area contributed by atoms with Gasteiger partial charge in [-0.25, -0.2) is 0 Å². The van der Waals surface area contributed by atoms with Crippen LogP contribution in [-0.2, 0) is 17.5 Å². The highest BCUT2D eigenvalue weighted by atomic mass is 19.4. The number of pyridine rings is 1. The van der Waals surface area contributed by atoms with Gasteiger partial charge in [-0.3, -0.25) is 14.7 Å². The number of nitrogens with zero attached hydrogens (tertiary/aromatic N) is 2. The minimum atomic E-state index is -4.43. The van der Waals surface area contributed by atoms with Crippen LogP contribution in [0.5, 0.6) is 5.75 Å². The lowest BCUT2D eigenvalue weighted by Gasteiger charge is -2.44. The number of Topliss-reactive ketones (excluding diaryl/α,β-unsaturated/α-hetero) is 1. The lowest BCUT2D eigenvalue weighted by atomic mass is 9.74. The molecule has 7 heteroatoms. The summed E-state index contributed by atoms with van der Waals surface area (Å²) in [5, 5.41) is 0. The largest absolute Gasteiger partial charge is 0.497 e. The molecule has 1 aliphatic heterocycles. The van der Waals surface area contributed by atoms with Crippen LogP contribution in [0.1, 0.15) is 42.3 Å². The van der Waals surface area contributed by atoms with E-state index in [-0.39, 0.29) is 5.78 Å². The molecule has 35 heavy (non-hydrogen) atoms. The number of hydrogen-bond donors (Lipinski definition) is 0. The van der Waals surface area contributed by atoms with Crippen LogP contribution in [0.15, 0.2) is 78.5 Å². The Morgan fingerprint density at radius 3 is 2.31 bits per heavy atom.